The molecular formula is C17H22N5O3S+. The second-order valence-electron chi connectivity index (χ2n) is 5.83. The van der Waals surface area contributed by atoms with E-state index >= 15 is 0 Å². The maximum atomic E-state index is 12.4. The van der Waals surface area contributed by atoms with Crippen molar-refractivity contribution in [1.29, 1.82) is 0 Å². The van der Waals surface area contributed by atoms with Crippen LogP contribution in [0.1, 0.15) is 12.5 Å². The molecule has 0 spiro atoms. The van der Waals surface area contributed by atoms with Crippen molar-refractivity contribution in [2.24, 2.45) is 0 Å². The number of rotatable bonds is 8. The van der Waals surface area contributed by atoms with Crippen molar-refractivity contribution in [2.45, 2.75) is 20.1 Å². The van der Waals surface area contributed by atoms with E-state index in [1.807, 2.05) is 49.7 Å². The van der Waals surface area contributed by atoms with Crippen molar-refractivity contribution in [2.75, 3.05) is 20.8 Å². The summed E-state index contributed by atoms with van der Waals surface area (Å²) in [4.78, 5) is 13.5. The maximum absolute atomic E-state index is 12.4. The van der Waals surface area contributed by atoms with Crippen LogP contribution in [0.15, 0.2) is 40.5 Å². The number of aromatic nitrogens is 4. The lowest BCUT2D eigenvalue weighted by Crippen LogP contribution is -3.07. The number of quaternary nitrogens is 1. The first-order valence-corrected chi connectivity index (χ1v) is 9.18. The molecule has 3 aromatic rings. The van der Waals surface area contributed by atoms with Crippen LogP contribution in [0.3, 0.4) is 0 Å². The highest BCUT2D eigenvalue weighted by molar-refractivity contribution is 7.12. The summed E-state index contributed by atoms with van der Waals surface area (Å²) in [6, 6.07) is 9.59. The number of nitrogens with zero attached hydrogens (tertiary/aromatic N) is 4. The lowest BCUT2D eigenvalue weighted by Gasteiger charge is -2.15. The minimum Gasteiger partial charge on any atom is -0.493 e. The summed E-state index contributed by atoms with van der Waals surface area (Å²) in [5.41, 5.74) is 0.845. The van der Waals surface area contributed by atoms with E-state index < -0.39 is 0 Å². The van der Waals surface area contributed by atoms with Crippen molar-refractivity contribution in [3.8, 4) is 16.5 Å². The Morgan fingerprint density at radius 3 is 2.77 bits per heavy atom. The van der Waals surface area contributed by atoms with Gasteiger partial charge in [-0.05, 0) is 53.1 Å². The Morgan fingerprint density at radius 1 is 1.23 bits per heavy atom. The Balaban J connectivity index is 1.70. The number of ether oxygens (including phenoxy) is 2. The van der Waals surface area contributed by atoms with Gasteiger partial charge in [-0.1, -0.05) is 0 Å². The third-order valence-electron chi connectivity index (χ3n) is 3.81. The molecule has 1 aromatic carbocycles. The van der Waals surface area contributed by atoms with Crippen molar-refractivity contribution >= 4 is 11.3 Å². The van der Waals surface area contributed by atoms with Gasteiger partial charge in [-0.3, -0.25) is 0 Å². The van der Waals surface area contributed by atoms with E-state index in [1.54, 1.807) is 7.11 Å². The fraction of sp³-hybridized carbons (Fsp3) is 0.353. The van der Waals surface area contributed by atoms with Crippen molar-refractivity contribution in [1.82, 2.24) is 19.8 Å². The molecular weight excluding hydrogens is 354 g/mol. The molecule has 138 valence electrons. The number of hydrogen-bond donors (Lipinski definition) is 1. The normalized spacial score (nSPS) is 12.1. The zero-order valence-electron chi connectivity index (χ0n) is 15.0. The summed E-state index contributed by atoms with van der Waals surface area (Å²) in [6.07, 6.45) is 0. The topological polar surface area (TPSA) is 75.6 Å². The lowest BCUT2D eigenvalue weighted by atomic mass is 10.2. The lowest BCUT2D eigenvalue weighted by molar-refractivity contribution is -0.917. The minimum absolute atomic E-state index is 0.240. The van der Waals surface area contributed by atoms with Gasteiger partial charge in [0, 0.05) is 5.56 Å². The highest BCUT2D eigenvalue weighted by Gasteiger charge is 2.14. The minimum atomic E-state index is -0.240. The van der Waals surface area contributed by atoms with Gasteiger partial charge in [-0.15, -0.1) is 20.7 Å². The van der Waals surface area contributed by atoms with Crippen LogP contribution in [-0.4, -0.2) is 40.6 Å². The van der Waals surface area contributed by atoms with Gasteiger partial charge in [-0.25, -0.2) is 4.79 Å². The summed E-state index contributed by atoms with van der Waals surface area (Å²) >= 11 is 1.45. The van der Waals surface area contributed by atoms with Gasteiger partial charge >= 0.3 is 5.69 Å². The standard InChI is InChI=1S/C17H21N5O3S/c1-4-25-14-8-7-13(10-15(14)24-3)11-20(2)12-21-17(23)22(19-18-21)16-6-5-9-26-16/h5-10H,4,11-12H2,1-3H3/p+1. The molecule has 0 aliphatic carbocycles. The van der Waals surface area contributed by atoms with Crippen molar-refractivity contribution in [3.63, 3.8) is 0 Å². The molecule has 0 aliphatic heterocycles. The van der Waals surface area contributed by atoms with E-state index in [0.717, 1.165) is 21.2 Å². The summed E-state index contributed by atoms with van der Waals surface area (Å²) < 4.78 is 13.6. The second-order valence-corrected chi connectivity index (χ2v) is 6.76. The van der Waals surface area contributed by atoms with E-state index in [-0.39, 0.29) is 5.69 Å². The largest absolute Gasteiger partial charge is 0.493 e. The van der Waals surface area contributed by atoms with E-state index in [0.29, 0.717) is 25.6 Å². The Hall–Kier alpha value is -2.65. The van der Waals surface area contributed by atoms with Crippen LogP contribution in [0.2, 0.25) is 0 Å². The third-order valence-corrected chi connectivity index (χ3v) is 4.65. The molecule has 0 bridgehead atoms. The molecule has 8 nitrogen and oxygen atoms in total. The predicted octanol–water partition coefficient (Wildman–Crippen LogP) is 0.570. The number of methoxy groups -OCH3 is 1. The predicted molar refractivity (Wildman–Crippen MR) is 98.2 cm³/mol. The molecule has 9 heteroatoms. The average Bonchev–Trinajstić information content (AvgIpc) is 3.27. The SMILES string of the molecule is CCOc1ccc(C[NH+](C)Cn2nnn(-c3cccs3)c2=O)cc1OC. The van der Waals surface area contributed by atoms with E-state index in [4.69, 9.17) is 9.47 Å². The third kappa shape index (κ3) is 3.94. The van der Waals surface area contributed by atoms with Crippen LogP contribution in [0, 0.1) is 0 Å². The van der Waals surface area contributed by atoms with E-state index in [1.165, 1.54) is 20.7 Å². The number of benzene rings is 1. The van der Waals surface area contributed by atoms with Gasteiger partial charge in [0.2, 0.25) is 0 Å². The van der Waals surface area contributed by atoms with Gasteiger partial charge in [-0.2, -0.15) is 0 Å². The molecule has 1 unspecified atom stereocenters. The number of hydrogen-bond acceptors (Lipinski definition) is 6. The Labute approximate surface area is 155 Å². The van der Waals surface area contributed by atoms with Gasteiger partial charge in [0.25, 0.3) is 0 Å². The highest BCUT2D eigenvalue weighted by Crippen LogP contribution is 2.27. The van der Waals surface area contributed by atoms with Crippen LogP contribution in [0.4, 0.5) is 0 Å². The van der Waals surface area contributed by atoms with Crippen molar-refractivity contribution in [3.05, 3.63) is 51.8 Å². The Kier molecular flexibility index (Phi) is 5.69. The second kappa shape index (κ2) is 8.15. The molecule has 1 atom stereocenters. The zero-order chi connectivity index (χ0) is 18.5. The fourth-order valence-corrected chi connectivity index (χ4v) is 3.33. The van der Waals surface area contributed by atoms with Gasteiger partial charge in [0.15, 0.2) is 18.2 Å². The van der Waals surface area contributed by atoms with Gasteiger partial charge in [0.05, 0.1) is 20.8 Å². The first kappa shape index (κ1) is 18.2. The molecule has 0 aliphatic rings. The highest BCUT2D eigenvalue weighted by atomic mass is 32.1. The maximum Gasteiger partial charge on any atom is 0.374 e. The number of nitrogens with one attached hydrogen (secondary N) is 1. The van der Waals surface area contributed by atoms with Crippen LogP contribution in [0.5, 0.6) is 11.5 Å². The van der Waals surface area contributed by atoms with E-state index in [2.05, 4.69) is 10.4 Å². The molecule has 0 saturated carbocycles. The molecule has 0 amide bonds. The fourth-order valence-electron chi connectivity index (χ4n) is 2.66. The van der Waals surface area contributed by atoms with E-state index in [9.17, 15) is 4.79 Å². The van der Waals surface area contributed by atoms with Crippen LogP contribution >= 0.6 is 11.3 Å². The molecule has 26 heavy (non-hydrogen) atoms. The molecule has 1 N–H and O–H groups in total. The summed E-state index contributed by atoms with van der Waals surface area (Å²) in [5.74, 6) is 1.43. The van der Waals surface area contributed by atoms with Crippen LogP contribution in [0.25, 0.3) is 5.00 Å². The molecule has 0 radical (unpaired) electrons. The van der Waals surface area contributed by atoms with Crippen LogP contribution in [-0.2, 0) is 13.2 Å². The summed E-state index contributed by atoms with van der Waals surface area (Å²) in [5, 5.41) is 10.6. The first-order chi connectivity index (χ1) is 12.6. The molecule has 2 aromatic heterocycles. The monoisotopic (exact) mass is 376 g/mol. The first-order valence-electron chi connectivity index (χ1n) is 8.30. The van der Waals surface area contributed by atoms with Crippen LogP contribution < -0.4 is 20.1 Å². The molecule has 2 heterocycles. The molecule has 3 rings (SSSR count). The Bertz CT molecular complexity index is 904. The average molecular weight is 376 g/mol. The number of tetrazole rings is 1. The summed E-state index contributed by atoms with van der Waals surface area (Å²) in [7, 11) is 3.63. The smallest absolute Gasteiger partial charge is 0.374 e. The van der Waals surface area contributed by atoms with Gasteiger partial charge in [0.1, 0.15) is 11.5 Å². The molecule has 0 saturated heterocycles. The number of thiophene rings is 1. The van der Waals surface area contributed by atoms with Crippen molar-refractivity contribution < 1.29 is 14.4 Å². The summed E-state index contributed by atoms with van der Waals surface area (Å²) in [6.45, 7) is 3.65. The molecule has 0 fully saturated rings. The quantitative estimate of drug-likeness (QED) is 0.622. The van der Waals surface area contributed by atoms with Gasteiger partial charge < -0.3 is 14.4 Å². The zero-order valence-corrected chi connectivity index (χ0v) is 15.8. The Morgan fingerprint density at radius 2 is 2.08 bits per heavy atom.